The lowest BCUT2D eigenvalue weighted by atomic mass is 10.3. The molecule has 0 aliphatic rings. The van der Waals surface area contributed by atoms with Gasteiger partial charge in [-0.25, -0.2) is 0 Å². The van der Waals surface area contributed by atoms with Crippen molar-refractivity contribution < 1.29 is 0 Å². The van der Waals surface area contributed by atoms with Gasteiger partial charge >= 0.3 is 0 Å². The van der Waals surface area contributed by atoms with Gasteiger partial charge in [0.2, 0.25) is 0 Å². The molecule has 3 rings (SSSR count). The lowest BCUT2D eigenvalue weighted by Crippen LogP contribution is -2.15. The maximum absolute atomic E-state index is 2.53. The van der Waals surface area contributed by atoms with E-state index < -0.39 is 0 Å². The van der Waals surface area contributed by atoms with Crippen LogP contribution in [0, 0.1) is 32.1 Å². The highest BCUT2D eigenvalue weighted by molar-refractivity contribution is 14.1. The predicted octanol–water partition coefficient (Wildman–Crippen LogP) is 10.2. The molecule has 0 nitrogen and oxygen atoms in total. The normalized spacial score (nSPS) is 11.4. The zero-order valence-corrected chi connectivity index (χ0v) is 33.5. The molecule has 0 aliphatic heterocycles. The van der Waals surface area contributed by atoms with Gasteiger partial charge in [0.05, 0.1) is 21.4 Å². The van der Waals surface area contributed by atoms with Crippen molar-refractivity contribution in [3.05, 3.63) is 68.5 Å². The van der Waals surface area contributed by atoms with E-state index in [4.69, 9.17) is 0 Å². The Bertz CT molecular complexity index is 875. The van der Waals surface area contributed by atoms with Crippen LogP contribution in [0.15, 0.2) is 51.1 Å². The van der Waals surface area contributed by atoms with Crippen molar-refractivity contribution in [1.29, 1.82) is 0 Å². The van der Waals surface area contributed by atoms with Crippen LogP contribution in [0.4, 0.5) is 0 Å². The lowest BCUT2D eigenvalue weighted by Gasteiger charge is -2.17. The minimum atomic E-state index is -0.164. The Labute approximate surface area is 290 Å². The Hall–Kier alpha value is 4.58. The molecule has 10 heteroatoms. The van der Waals surface area contributed by atoms with Crippen molar-refractivity contribution in [2.75, 3.05) is 0 Å². The number of benzene rings is 3. The minimum Gasteiger partial charge on any atom is -0.0442 e. The Balaban J connectivity index is 2.45. The van der Waals surface area contributed by atoms with Gasteiger partial charge < -0.3 is 0 Å². The summed E-state index contributed by atoms with van der Waals surface area (Å²) < 4.78 is 11.9. The van der Waals surface area contributed by atoms with Crippen LogP contribution in [0.3, 0.4) is 0 Å². The van der Waals surface area contributed by atoms with Crippen LogP contribution in [0.1, 0.15) is 0 Å². The second kappa shape index (κ2) is 12.0. The molecule has 0 radical (unpaired) electrons. The number of halogens is 9. The highest BCUT2D eigenvalue weighted by Gasteiger charge is 2.40. The minimum absolute atomic E-state index is 0.164. The van der Waals surface area contributed by atoms with Crippen molar-refractivity contribution in [2.24, 2.45) is 0 Å². The van der Waals surface area contributed by atoms with E-state index in [2.05, 4.69) is 240 Å². The van der Waals surface area contributed by atoms with Gasteiger partial charge in [-0.3, -0.25) is 0 Å². The molecular formula is C18H6I9S+. The summed E-state index contributed by atoms with van der Waals surface area (Å²) in [5.41, 5.74) is 0. The van der Waals surface area contributed by atoms with Crippen LogP contribution in [0.2, 0.25) is 0 Å². The van der Waals surface area contributed by atoms with Crippen LogP contribution in [-0.4, -0.2) is 0 Å². The van der Waals surface area contributed by atoms with Gasteiger partial charge in [0.1, 0.15) is 10.9 Å². The van der Waals surface area contributed by atoms with Crippen molar-refractivity contribution in [3.8, 4) is 0 Å². The van der Waals surface area contributed by atoms with E-state index in [9.17, 15) is 0 Å². The van der Waals surface area contributed by atoms with Crippen molar-refractivity contribution in [1.82, 2.24) is 0 Å². The largest absolute Gasteiger partial charge is 0.193 e. The van der Waals surface area contributed by atoms with E-state index in [0.717, 1.165) is 0 Å². The molecule has 0 atom stereocenters. The van der Waals surface area contributed by atoms with Crippen LogP contribution < -0.4 is 0 Å². The molecule has 146 valence electrons. The lowest BCUT2D eigenvalue weighted by molar-refractivity contribution is 1.20. The predicted molar refractivity (Wildman–Crippen MR) is 196 cm³/mol. The van der Waals surface area contributed by atoms with Crippen LogP contribution >= 0.6 is 203 Å². The molecule has 28 heavy (non-hydrogen) atoms. The highest BCUT2D eigenvalue weighted by atomic mass is 127. The zero-order valence-electron chi connectivity index (χ0n) is 13.3. The topological polar surface area (TPSA) is 0 Å². The molecule has 0 N–H and O–H groups in total. The van der Waals surface area contributed by atoms with E-state index in [-0.39, 0.29) is 10.9 Å². The first-order chi connectivity index (χ1) is 13.1. The van der Waals surface area contributed by atoms with E-state index in [0.29, 0.717) is 0 Å². The van der Waals surface area contributed by atoms with Gasteiger partial charge in [0.15, 0.2) is 14.7 Å². The molecule has 0 spiro atoms. The first-order valence-corrected chi connectivity index (χ1v) is 18.2. The highest BCUT2D eigenvalue weighted by Crippen LogP contribution is 2.44. The molecule has 3 aromatic carbocycles. The molecular weight excluding hydrogens is 1390 g/mol. The fourth-order valence-electron chi connectivity index (χ4n) is 2.48. The third-order valence-corrected chi connectivity index (χ3v) is 15.2. The summed E-state index contributed by atoms with van der Waals surface area (Å²) in [6.07, 6.45) is 0. The van der Waals surface area contributed by atoms with E-state index in [1.54, 1.807) is 0 Å². The third-order valence-electron chi connectivity index (χ3n) is 3.50. The maximum atomic E-state index is 2.53. The standard InChI is InChI=1S/C18H6I9S/c19-7-1-10(22)16(11(23)2-7)28(17-12(24)3-8(20)4-13(17)25)18-14(26)5-9(21)6-15(18)27/h1-6H/q+1. The number of hydrogen-bond donors (Lipinski definition) is 0. The van der Waals surface area contributed by atoms with Crippen LogP contribution in [0.25, 0.3) is 0 Å². The van der Waals surface area contributed by atoms with Crippen molar-refractivity contribution in [3.63, 3.8) is 0 Å². The van der Waals surface area contributed by atoms with Crippen molar-refractivity contribution in [2.45, 2.75) is 14.7 Å². The molecule has 0 saturated heterocycles. The van der Waals surface area contributed by atoms with Gasteiger partial charge in [0, 0.05) is 10.7 Å². The first-order valence-electron chi connectivity index (χ1n) is 7.28. The second-order valence-electron chi connectivity index (χ2n) is 5.40. The van der Waals surface area contributed by atoms with Gasteiger partial charge in [-0.15, -0.1) is 0 Å². The molecule has 0 aromatic heterocycles. The molecule has 3 aromatic rings. The Morgan fingerprint density at radius 1 is 0.357 bits per heavy atom. The third kappa shape index (κ3) is 6.42. The monoisotopic (exact) mass is 1400 g/mol. The first kappa shape index (κ1) is 27.2. The summed E-state index contributed by atoms with van der Waals surface area (Å²) in [6, 6.07) is 13.8. The Morgan fingerprint density at radius 3 is 0.714 bits per heavy atom. The fraction of sp³-hybridized carbons (Fsp3) is 0. The molecule has 0 aliphatic carbocycles. The molecule has 0 fully saturated rings. The molecule has 0 bridgehead atoms. The zero-order chi connectivity index (χ0) is 20.7. The van der Waals surface area contributed by atoms with E-state index in [1.165, 1.54) is 46.8 Å². The summed E-state index contributed by atoms with van der Waals surface area (Å²) >= 11 is 22.4. The van der Waals surface area contributed by atoms with Crippen LogP contribution in [-0.2, 0) is 10.9 Å². The molecule has 0 saturated carbocycles. The smallest absolute Gasteiger partial charge is 0.0442 e. The van der Waals surface area contributed by atoms with E-state index in [1.807, 2.05) is 0 Å². The van der Waals surface area contributed by atoms with E-state index >= 15 is 0 Å². The van der Waals surface area contributed by atoms with Crippen molar-refractivity contribution >= 4 is 214 Å². The summed E-state index contributed by atoms with van der Waals surface area (Å²) in [7, 11) is -0.164. The SMILES string of the molecule is Ic1cc(I)c([S+](c2c(I)cc(I)cc2I)c2c(I)cc(I)cc2I)c(I)c1. The second-order valence-corrected chi connectivity index (χ2v) is 17.9. The number of hydrogen-bond acceptors (Lipinski definition) is 0. The average molecular weight is 1400 g/mol. The maximum Gasteiger partial charge on any atom is 0.193 e. The quantitative estimate of drug-likeness (QED) is 0.181. The molecule has 0 unspecified atom stereocenters. The summed E-state index contributed by atoms with van der Waals surface area (Å²) in [5.74, 6) is 0. The molecule has 0 amide bonds. The average Bonchev–Trinajstić information content (AvgIpc) is 2.51. The van der Waals surface area contributed by atoms with Gasteiger partial charge in [-0.05, 0) is 240 Å². The van der Waals surface area contributed by atoms with Gasteiger partial charge in [0.25, 0.3) is 0 Å². The molecule has 0 heterocycles. The Kier molecular flexibility index (Phi) is 11.7. The summed E-state index contributed by atoms with van der Waals surface area (Å²) in [4.78, 5) is 4.32. The fourth-order valence-corrected chi connectivity index (χ4v) is 19.3. The summed E-state index contributed by atoms with van der Waals surface area (Å²) in [5, 5.41) is 0. The van der Waals surface area contributed by atoms with Gasteiger partial charge in [-0.2, -0.15) is 0 Å². The van der Waals surface area contributed by atoms with Gasteiger partial charge in [-0.1, -0.05) is 0 Å². The Morgan fingerprint density at radius 2 is 0.536 bits per heavy atom. The number of rotatable bonds is 3. The summed E-state index contributed by atoms with van der Waals surface area (Å²) in [6.45, 7) is 0. The van der Waals surface area contributed by atoms with Crippen LogP contribution in [0.5, 0.6) is 0 Å².